The maximum atomic E-state index is 11.7. The molecule has 18 heavy (non-hydrogen) atoms. The van der Waals surface area contributed by atoms with Gasteiger partial charge in [-0.25, -0.2) is 4.79 Å². The van der Waals surface area contributed by atoms with Crippen LogP contribution >= 0.6 is 0 Å². The normalized spacial score (nSPS) is 16.3. The molecule has 6 nitrogen and oxygen atoms in total. The van der Waals surface area contributed by atoms with Gasteiger partial charge in [-0.2, -0.15) is 5.10 Å². The second-order valence-electron chi connectivity index (χ2n) is 5.63. The van der Waals surface area contributed by atoms with Crippen LogP contribution in [0.5, 0.6) is 0 Å². The molecule has 1 aromatic rings. The molecule has 1 N–H and O–H groups in total. The molecular weight excluding hydrogens is 232 g/mol. The number of anilines is 1. The van der Waals surface area contributed by atoms with Crippen LogP contribution < -0.4 is 5.32 Å². The van der Waals surface area contributed by atoms with E-state index >= 15 is 0 Å². The van der Waals surface area contributed by atoms with Crippen molar-refractivity contribution in [3.8, 4) is 0 Å². The van der Waals surface area contributed by atoms with Crippen molar-refractivity contribution in [3.05, 3.63) is 12.4 Å². The molecule has 0 saturated carbocycles. The van der Waals surface area contributed by atoms with Gasteiger partial charge in [0.25, 0.3) is 0 Å². The lowest BCUT2D eigenvalue weighted by atomic mass is 10.1. The summed E-state index contributed by atoms with van der Waals surface area (Å²) in [6, 6.07) is 0.279. The zero-order valence-corrected chi connectivity index (χ0v) is 11.3. The van der Waals surface area contributed by atoms with E-state index in [-0.39, 0.29) is 12.1 Å². The Bertz CT molecular complexity index is 430. The molecule has 0 radical (unpaired) electrons. The van der Waals surface area contributed by atoms with Gasteiger partial charge in [-0.15, -0.1) is 0 Å². The molecule has 1 amide bonds. The van der Waals surface area contributed by atoms with E-state index in [9.17, 15) is 4.79 Å². The molecule has 6 heteroatoms. The number of ether oxygens (including phenoxy) is 1. The zero-order valence-electron chi connectivity index (χ0n) is 11.3. The largest absolute Gasteiger partial charge is 0.444 e. The van der Waals surface area contributed by atoms with E-state index in [4.69, 9.17) is 4.74 Å². The van der Waals surface area contributed by atoms with Gasteiger partial charge in [0.1, 0.15) is 5.60 Å². The van der Waals surface area contributed by atoms with Gasteiger partial charge in [0.2, 0.25) is 0 Å². The maximum absolute atomic E-state index is 11.7. The number of nitrogens with zero attached hydrogens (tertiary/aromatic N) is 3. The first-order valence-electron chi connectivity index (χ1n) is 6.06. The Hall–Kier alpha value is -1.72. The molecule has 0 unspecified atom stereocenters. The number of likely N-dealkylation sites (tertiary alicyclic amines) is 1. The monoisotopic (exact) mass is 252 g/mol. The van der Waals surface area contributed by atoms with Crippen molar-refractivity contribution in [2.75, 3.05) is 18.4 Å². The Kier molecular flexibility index (Phi) is 3.19. The number of amides is 1. The van der Waals surface area contributed by atoms with Crippen molar-refractivity contribution in [2.45, 2.75) is 32.4 Å². The van der Waals surface area contributed by atoms with Crippen molar-refractivity contribution in [1.82, 2.24) is 14.7 Å². The molecule has 0 aromatic carbocycles. The number of aromatic nitrogens is 2. The summed E-state index contributed by atoms with van der Waals surface area (Å²) in [4.78, 5) is 13.4. The van der Waals surface area contributed by atoms with E-state index in [1.54, 1.807) is 15.8 Å². The van der Waals surface area contributed by atoms with Crippen LogP contribution in [-0.4, -0.2) is 45.5 Å². The van der Waals surface area contributed by atoms with Crippen molar-refractivity contribution >= 4 is 11.8 Å². The van der Waals surface area contributed by atoms with Crippen LogP contribution in [0, 0.1) is 0 Å². The smallest absolute Gasteiger partial charge is 0.410 e. The van der Waals surface area contributed by atoms with Gasteiger partial charge in [-0.1, -0.05) is 0 Å². The molecule has 1 aromatic heterocycles. The second-order valence-corrected chi connectivity index (χ2v) is 5.63. The highest BCUT2D eigenvalue weighted by Crippen LogP contribution is 2.18. The van der Waals surface area contributed by atoms with E-state index < -0.39 is 5.60 Å². The number of carbonyl (C=O) groups excluding carboxylic acids is 1. The Morgan fingerprint density at radius 1 is 1.50 bits per heavy atom. The molecule has 0 aliphatic carbocycles. The highest BCUT2D eigenvalue weighted by molar-refractivity contribution is 5.69. The van der Waals surface area contributed by atoms with Gasteiger partial charge in [0, 0.05) is 26.3 Å². The molecule has 0 spiro atoms. The third kappa shape index (κ3) is 3.15. The zero-order chi connectivity index (χ0) is 13.3. The SMILES string of the molecule is Cn1cc(NC2CN(C(=O)OC(C)(C)C)C2)cn1. The van der Waals surface area contributed by atoms with Gasteiger partial charge in [0.05, 0.1) is 17.9 Å². The number of rotatable bonds is 2. The Morgan fingerprint density at radius 3 is 2.67 bits per heavy atom. The Labute approximate surface area is 107 Å². The average Bonchev–Trinajstić information content (AvgIpc) is 2.53. The summed E-state index contributed by atoms with van der Waals surface area (Å²) in [7, 11) is 1.87. The first-order chi connectivity index (χ1) is 8.33. The minimum absolute atomic E-state index is 0.244. The highest BCUT2D eigenvalue weighted by atomic mass is 16.6. The van der Waals surface area contributed by atoms with Gasteiger partial charge in [0.15, 0.2) is 0 Å². The predicted molar refractivity (Wildman–Crippen MR) is 68.4 cm³/mol. The minimum Gasteiger partial charge on any atom is -0.444 e. The summed E-state index contributed by atoms with van der Waals surface area (Å²) in [6.45, 7) is 6.95. The van der Waals surface area contributed by atoms with Gasteiger partial charge >= 0.3 is 6.09 Å². The third-order valence-corrected chi connectivity index (χ3v) is 2.61. The van der Waals surface area contributed by atoms with Crippen LogP contribution in [0.1, 0.15) is 20.8 Å². The fourth-order valence-electron chi connectivity index (χ4n) is 1.78. The van der Waals surface area contributed by atoms with Gasteiger partial charge in [-0.05, 0) is 20.8 Å². The molecule has 2 rings (SSSR count). The van der Waals surface area contributed by atoms with Crippen LogP contribution in [0.15, 0.2) is 12.4 Å². The summed E-state index contributed by atoms with van der Waals surface area (Å²) in [6.07, 6.45) is 3.44. The molecule has 2 heterocycles. The molecule has 100 valence electrons. The lowest BCUT2D eigenvalue weighted by molar-refractivity contribution is 0.0105. The number of hydrogen-bond acceptors (Lipinski definition) is 4. The van der Waals surface area contributed by atoms with Crippen LogP contribution in [0.3, 0.4) is 0 Å². The molecule has 1 fully saturated rings. The van der Waals surface area contributed by atoms with E-state index in [1.807, 2.05) is 34.0 Å². The van der Waals surface area contributed by atoms with E-state index in [2.05, 4.69) is 10.4 Å². The quantitative estimate of drug-likeness (QED) is 0.865. The van der Waals surface area contributed by atoms with Crippen molar-refractivity contribution in [1.29, 1.82) is 0 Å². The molecule has 1 aliphatic heterocycles. The maximum Gasteiger partial charge on any atom is 0.410 e. The first kappa shape index (κ1) is 12.7. The summed E-state index contributed by atoms with van der Waals surface area (Å²) >= 11 is 0. The van der Waals surface area contributed by atoms with Crippen LogP contribution in [0.4, 0.5) is 10.5 Å². The molecule has 0 atom stereocenters. The molecule has 1 aliphatic rings. The molecule has 0 bridgehead atoms. The number of carbonyl (C=O) groups is 1. The van der Waals surface area contributed by atoms with Crippen LogP contribution in [0.25, 0.3) is 0 Å². The van der Waals surface area contributed by atoms with Crippen LogP contribution in [-0.2, 0) is 11.8 Å². The fraction of sp³-hybridized carbons (Fsp3) is 0.667. The predicted octanol–water partition coefficient (Wildman–Crippen LogP) is 1.45. The second kappa shape index (κ2) is 4.51. The van der Waals surface area contributed by atoms with Crippen molar-refractivity contribution < 1.29 is 9.53 Å². The molecular formula is C12H20N4O2. The van der Waals surface area contributed by atoms with E-state index in [0.717, 1.165) is 5.69 Å². The van der Waals surface area contributed by atoms with Gasteiger partial charge in [-0.3, -0.25) is 4.68 Å². The fourth-order valence-corrected chi connectivity index (χ4v) is 1.78. The third-order valence-electron chi connectivity index (χ3n) is 2.61. The average molecular weight is 252 g/mol. The Morgan fingerprint density at radius 2 is 2.17 bits per heavy atom. The Balaban J connectivity index is 1.75. The van der Waals surface area contributed by atoms with Crippen molar-refractivity contribution in [2.24, 2.45) is 7.05 Å². The molecule has 1 saturated heterocycles. The summed E-state index contributed by atoms with van der Waals surface area (Å²) in [5, 5.41) is 7.39. The summed E-state index contributed by atoms with van der Waals surface area (Å²) in [5.74, 6) is 0. The van der Waals surface area contributed by atoms with E-state index in [1.165, 1.54) is 0 Å². The van der Waals surface area contributed by atoms with Crippen LogP contribution in [0.2, 0.25) is 0 Å². The topological polar surface area (TPSA) is 59.4 Å². The van der Waals surface area contributed by atoms with Gasteiger partial charge < -0.3 is 15.0 Å². The lowest BCUT2D eigenvalue weighted by Gasteiger charge is -2.40. The lowest BCUT2D eigenvalue weighted by Crippen LogP contribution is -2.57. The number of hydrogen-bond donors (Lipinski definition) is 1. The minimum atomic E-state index is -0.432. The summed E-state index contributed by atoms with van der Waals surface area (Å²) in [5.41, 5.74) is 0.546. The van der Waals surface area contributed by atoms with E-state index in [0.29, 0.717) is 13.1 Å². The summed E-state index contributed by atoms with van der Waals surface area (Å²) < 4.78 is 7.03. The number of nitrogens with one attached hydrogen (secondary N) is 1. The highest BCUT2D eigenvalue weighted by Gasteiger charge is 2.33. The number of aryl methyl sites for hydroxylation is 1. The standard InChI is InChI=1S/C12H20N4O2/c1-12(2,3)18-11(17)16-7-10(8-16)14-9-5-13-15(4)6-9/h5-6,10,14H,7-8H2,1-4H3. The van der Waals surface area contributed by atoms with Crippen molar-refractivity contribution in [3.63, 3.8) is 0 Å². The first-order valence-corrected chi connectivity index (χ1v) is 6.06.